The van der Waals surface area contributed by atoms with Gasteiger partial charge < -0.3 is 12.9 Å². The normalized spacial score (nSPS) is 12.5. The van der Waals surface area contributed by atoms with Crippen LogP contribution in [0.25, 0.3) is 10.8 Å². The lowest BCUT2D eigenvalue weighted by Gasteiger charge is -2.17. The van der Waals surface area contributed by atoms with Crippen LogP contribution in [-0.4, -0.2) is 24.8 Å². The Hall–Kier alpha value is -3.98. The van der Waals surface area contributed by atoms with Gasteiger partial charge in [-0.15, -0.1) is 0 Å². The number of carbonyl (C=O) groups excluding carboxylic acids is 1. The number of halogens is 8. The molecule has 0 saturated heterocycles. The van der Waals surface area contributed by atoms with Crippen molar-refractivity contribution in [3.8, 4) is 11.2 Å². The Morgan fingerprint density at radius 1 is 0.744 bits per heavy atom. The number of carbonyl (C=O) groups is 1. The Morgan fingerprint density at radius 2 is 1.26 bits per heavy atom. The first-order valence-electron chi connectivity index (χ1n) is 11.0. The Morgan fingerprint density at radius 3 is 1.82 bits per heavy atom. The van der Waals surface area contributed by atoms with Crippen LogP contribution in [0.4, 0.5) is 34.9 Å². The molecule has 0 fully saturated rings. The monoisotopic (exact) mass is 568 g/mol. The Balaban J connectivity index is 0.000000242. The molecule has 0 spiro atoms. The number of fused-ring (bicyclic) bond motifs is 1. The van der Waals surface area contributed by atoms with Gasteiger partial charge in [-0.05, 0) is 40.4 Å². The lowest BCUT2D eigenvalue weighted by Crippen LogP contribution is -2.41. The molecule has 39 heavy (non-hydrogen) atoms. The highest BCUT2D eigenvalue weighted by Gasteiger charge is 2.37. The van der Waals surface area contributed by atoms with Crippen molar-refractivity contribution < 1.29 is 43.9 Å². The molecule has 0 bridgehead atoms. The van der Waals surface area contributed by atoms with Gasteiger partial charge in [-0.3, -0.25) is 4.79 Å². The van der Waals surface area contributed by atoms with Crippen LogP contribution in [-0.2, 0) is 14.1 Å². The Bertz CT molecular complexity index is 1610. The SMILES string of the molecule is C[S+](=O)(C#Cc1ccccc1)CC(=O)c1ccc2ccccc2c1.Fc1c(F)c(F)c([B-](F)(F)F)c(F)c1F. The van der Waals surface area contributed by atoms with Crippen molar-refractivity contribution in [2.24, 2.45) is 0 Å². The van der Waals surface area contributed by atoms with Crippen LogP contribution in [0.1, 0.15) is 15.9 Å². The molecule has 0 heterocycles. The summed E-state index contributed by atoms with van der Waals surface area (Å²) in [6.45, 7) is -6.30. The highest BCUT2D eigenvalue weighted by molar-refractivity contribution is 8.07. The summed E-state index contributed by atoms with van der Waals surface area (Å²) in [5.74, 6) is -10.9. The van der Waals surface area contributed by atoms with Gasteiger partial charge in [0.25, 0.3) is 0 Å². The average molecular weight is 568 g/mol. The van der Waals surface area contributed by atoms with Gasteiger partial charge in [-0.2, -0.15) is 0 Å². The summed E-state index contributed by atoms with van der Waals surface area (Å²) in [6, 6.07) is 22.8. The molecule has 0 aliphatic rings. The first kappa shape index (κ1) is 29.6. The van der Waals surface area contributed by atoms with E-state index in [1.807, 2.05) is 66.7 Å². The van der Waals surface area contributed by atoms with Crippen LogP contribution in [0, 0.1) is 40.3 Å². The van der Waals surface area contributed by atoms with Crippen LogP contribution in [0.5, 0.6) is 0 Å². The summed E-state index contributed by atoms with van der Waals surface area (Å²) in [4.78, 5) is 12.5. The van der Waals surface area contributed by atoms with Crippen molar-refractivity contribution in [1.29, 1.82) is 0 Å². The Kier molecular flexibility index (Phi) is 8.97. The molecule has 1 unspecified atom stereocenters. The fourth-order valence-electron chi connectivity index (χ4n) is 3.33. The van der Waals surface area contributed by atoms with E-state index in [-0.39, 0.29) is 11.5 Å². The third-order valence-corrected chi connectivity index (χ3v) is 6.58. The molecule has 4 aromatic rings. The Labute approximate surface area is 219 Å². The summed E-state index contributed by atoms with van der Waals surface area (Å²) in [5, 5.41) is 4.85. The number of hydrogen-bond donors (Lipinski definition) is 0. The zero-order valence-corrected chi connectivity index (χ0v) is 20.8. The number of ketones is 1. The predicted octanol–water partition coefficient (Wildman–Crippen LogP) is 6.60. The van der Waals surface area contributed by atoms with E-state index in [9.17, 15) is 43.9 Å². The molecular weight excluding hydrogens is 551 g/mol. The molecule has 0 amide bonds. The molecule has 0 radical (unpaired) electrons. The summed E-state index contributed by atoms with van der Waals surface area (Å²) in [6.07, 6.45) is 1.54. The molecular formula is C27H17BF8O2S. The summed E-state index contributed by atoms with van der Waals surface area (Å²) < 4.78 is 110. The maximum absolute atomic E-state index is 12.6. The number of rotatable bonds is 4. The third-order valence-electron chi connectivity index (χ3n) is 5.23. The predicted molar refractivity (Wildman–Crippen MR) is 135 cm³/mol. The maximum Gasteiger partial charge on any atom is 0.515 e. The molecule has 0 aliphatic heterocycles. The van der Waals surface area contributed by atoms with E-state index >= 15 is 0 Å². The fraction of sp³-hybridized carbons (Fsp3) is 0.0741. The molecule has 0 N–H and O–H groups in total. The second-order valence-electron chi connectivity index (χ2n) is 8.29. The van der Waals surface area contributed by atoms with Crippen LogP contribution < -0.4 is 5.46 Å². The van der Waals surface area contributed by atoms with Crippen molar-refractivity contribution >= 4 is 38.9 Å². The quantitative estimate of drug-likeness (QED) is 0.0529. The van der Waals surface area contributed by atoms with E-state index in [1.54, 1.807) is 12.3 Å². The number of benzene rings is 4. The van der Waals surface area contributed by atoms with Gasteiger partial charge in [0, 0.05) is 11.1 Å². The van der Waals surface area contributed by atoms with Crippen molar-refractivity contribution in [3.63, 3.8) is 0 Å². The van der Waals surface area contributed by atoms with Crippen LogP contribution in [0.2, 0.25) is 0 Å². The molecule has 2 nitrogen and oxygen atoms in total. The first-order valence-corrected chi connectivity index (χ1v) is 13.1. The summed E-state index contributed by atoms with van der Waals surface area (Å²) in [7, 11) is -2.54. The van der Waals surface area contributed by atoms with Crippen molar-refractivity contribution in [2.75, 3.05) is 12.0 Å². The largest absolute Gasteiger partial charge is 0.515 e. The van der Waals surface area contributed by atoms with Crippen molar-refractivity contribution in [3.05, 3.63) is 113 Å². The number of hydrogen-bond acceptors (Lipinski definition) is 2. The van der Waals surface area contributed by atoms with Gasteiger partial charge >= 0.3 is 6.98 Å². The van der Waals surface area contributed by atoms with Gasteiger partial charge in [0.2, 0.25) is 5.78 Å². The maximum atomic E-state index is 12.6. The van der Waals surface area contributed by atoms with Crippen molar-refractivity contribution in [1.82, 2.24) is 0 Å². The first-order chi connectivity index (χ1) is 18.2. The average Bonchev–Trinajstić information content (AvgIpc) is 2.89. The number of Topliss-reactive ketones (excluding diaryl/α,β-unsaturated/α-hetero) is 1. The minimum absolute atomic E-state index is 0.0643. The zero-order chi connectivity index (χ0) is 29.0. The molecule has 0 aromatic heterocycles. The van der Waals surface area contributed by atoms with Crippen molar-refractivity contribution in [2.45, 2.75) is 0 Å². The lowest BCUT2D eigenvalue weighted by atomic mass is 9.79. The van der Waals surface area contributed by atoms with Gasteiger partial charge in [0.15, 0.2) is 38.4 Å². The molecule has 4 rings (SSSR count). The molecule has 202 valence electrons. The van der Waals surface area contributed by atoms with E-state index in [0.717, 1.165) is 16.3 Å². The highest BCUT2D eigenvalue weighted by Crippen LogP contribution is 2.21. The topological polar surface area (TPSA) is 34.1 Å². The fourth-order valence-corrected chi connectivity index (χ4v) is 4.40. The zero-order valence-electron chi connectivity index (χ0n) is 20.0. The summed E-state index contributed by atoms with van der Waals surface area (Å²) >= 11 is 0. The van der Waals surface area contributed by atoms with E-state index in [2.05, 4.69) is 11.2 Å². The second-order valence-corrected chi connectivity index (χ2v) is 10.8. The minimum Gasteiger partial charge on any atom is -0.445 e. The molecule has 4 aromatic carbocycles. The molecule has 12 heteroatoms. The van der Waals surface area contributed by atoms with E-state index < -0.39 is 51.5 Å². The molecule has 1 atom stereocenters. The lowest BCUT2D eigenvalue weighted by molar-refractivity contribution is 0.102. The third kappa shape index (κ3) is 7.32. The van der Waals surface area contributed by atoms with Crippen LogP contribution in [0.15, 0.2) is 72.8 Å². The van der Waals surface area contributed by atoms with Gasteiger partial charge in [0.05, 0.1) is 0 Å². The smallest absolute Gasteiger partial charge is 0.445 e. The standard InChI is InChI=1S/C21H17O2S.C6BF8/c1-24(23,14-13-17-7-3-2-4-8-17)16-21(22)20-12-11-18-9-5-6-10-19(18)15-20;8-2-1(7(13,14)15)3(9)5(11)6(12)4(2)10/h2-12,15H,16H2,1H3;/q+1;-1. The van der Waals surface area contributed by atoms with Gasteiger partial charge in [0.1, 0.15) is 17.9 Å². The van der Waals surface area contributed by atoms with Crippen LogP contribution >= 0.6 is 0 Å². The molecule has 0 aliphatic carbocycles. The minimum atomic E-state index is -6.30. The second kappa shape index (κ2) is 11.8. The van der Waals surface area contributed by atoms with E-state index in [0.29, 0.717) is 5.56 Å². The highest BCUT2D eigenvalue weighted by atomic mass is 32.2. The van der Waals surface area contributed by atoms with Gasteiger partial charge in [-0.25, -0.2) is 22.0 Å². The van der Waals surface area contributed by atoms with Crippen LogP contribution in [0.3, 0.4) is 0 Å². The molecule has 0 saturated carbocycles. The van der Waals surface area contributed by atoms with Gasteiger partial charge in [-0.1, -0.05) is 58.8 Å². The van der Waals surface area contributed by atoms with E-state index in [1.165, 1.54) is 0 Å². The van der Waals surface area contributed by atoms with E-state index in [4.69, 9.17) is 0 Å². The summed E-state index contributed by atoms with van der Waals surface area (Å²) in [5.41, 5.74) is -1.36.